The van der Waals surface area contributed by atoms with Crippen molar-refractivity contribution in [1.82, 2.24) is 9.97 Å². The van der Waals surface area contributed by atoms with Gasteiger partial charge in [0.05, 0.1) is 5.39 Å². The Morgan fingerprint density at radius 3 is 2.32 bits per heavy atom. The monoisotopic (exact) mass is 407 g/mol. The zero-order valence-corrected chi connectivity index (χ0v) is 17.3. The molecule has 0 spiro atoms. The van der Waals surface area contributed by atoms with Crippen LogP contribution in [0.4, 0.5) is 19.0 Å². The van der Waals surface area contributed by atoms with E-state index < -0.39 is 12.0 Å². The van der Waals surface area contributed by atoms with Crippen molar-refractivity contribution in [2.45, 2.75) is 52.1 Å². The number of hydrogen-bond donors (Lipinski definition) is 1. The highest BCUT2D eigenvalue weighted by atomic mass is 32.1. The van der Waals surface area contributed by atoms with Gasteiger partial charge in [0.15, 0.2) is 0 Å². The molecule has 0 amide bonds. The van der Waals surface area contributed by atoms with E-state index in [-0.39, 0.29) is 11.2 Å². The van der Waals surface area contributed by atoms with Crippen LogP contribution in [-0.2, 0) is 18.0 Å². The summed E-state index contributed by atoms with van der Waals surface area (Å²) in [5.74, 6) is -0.841. The van der Waals surface area contributed by atoms with Crippen molar-refractivity contribution >= 4 is 27.4 Å². The number of halogens is 3. The lowest BCUT2D eigenvalue weighted by Crippen LogP contribution is -2.14. The molecule has 150 valence electrons. The summed E-state index contributed by atoms with van der Waals surface area (Å²) in [4.78, 5) is 8.67. The lowest BCUT2D eigenvalue weighted by Gasteiger charge is -2.19. The van der Waals surface area contributed by atoms with E-state index >= 15 is 0 Å². The number of thiophene rings is 1. The molecule has 0 unspecified atom stereocenters. The van der Waals surface area contributed by atoms with Crippen LogP contribution in [0.5, 0.6) is 0 Å². The second-order valence-electron chi connectivity index (χ2n) is 7.95. The first-order chi connectivity index (χ1) is 13.0. The van der Waals surface area contributed by atoms with Crippen LogP contribution in [0.3, 0.4) is 0 Å². The molecular weight excluding hydrogens is 383 g/mol. The molecular formula is C21H24F3N3S. The van der Waals surface area contributed by atoms with Gasteiger partial charge in [-0.15, -0.1) is 11.3 Å². The predicted octanol–water partition coefficient (Wildman–Crippen LogP) is 6.36. The fraction of sp³-hybridized carbons (Fsp3) is 0.429. The van der Waals surface area contributed by atoms with Gasteiger partial charge in [0, 0.05) is 11.4 Å². The van der Waals surface area contributed by atoms with E-state index in [2.05, 4.69) is 60.3 Å². The van der Waals surface area contributed by atoms with Crippen LogP contribution in [0.25, 0.3) is 10.2 Å². The SMILES string of the molecule is Cc1cc2c(NCCCc3ccc(C(C)(C)C)cc3)nc(C(F)(F)F)nc2s1. The largest absolute Gasteiger partial charge is 0.451 e. The first kappa shape index (κ1) is 20.6. The smallest absolute Gasteiger partial charge is 0.369 e. The Labute approximate surface area is 167 Å². The molecule has 0 saturated carbocycles. The van der Waals surface area contributed by atoms with Crippen LogP contribution in [0.2, 0.25) is 0 Å². The molecule has 28 heavy (non-hydrogen) atoms. The molecule has 0 aliphatic carbocycles. The zero-order valence-electron chi connectivity index (χ0n) is 16.4. The third-order valence-electron chi connectivity index (χ3n) is 4.52. The molecule has 0 saturated heterocycles. The van der Waals surface area contributed by atoms with Gasteiger partial charge in [0.25, 0.3) is 0 Å². The molecule has 1 aromatic carbocycles. The van der Waals surface area contributed by atoms with Crippen molar-refractivity contribution in [2.75, 3.05) is 11.9 Å². The van der Waals surface area contributed by atoms with Crippen molar-refractivity contribution < 1.29 is 13.2 Å². The van der Waals surface area contributed by atoms with Gasteiger partial charge in [0.2, 0.25) is 5.82 Å². The number of alkyl halides is 3. The second-order valence-corrected chi connectivity index (χ2v) is 9.18. The van der Waals surface area contributed by atoms with E-state index in [1.807, 2.05) is 13.0 Å². The average molecular weight is 408 g/mol. The van der Waals surface area contributed by atoms with Crippen LogP contribution < -0.4 is 5.32 Å². The standard InChI is InChI=1S/C21H24F3N3S/c1-13-12-16-17(26-19(21(22,23)24)27-18(16)28-13)25-11-5-6-14-7-9-15(10-8-14)20(2,3)4/h7-10,12H,5-6,11H2,1-4H3,(H,25,26,27). The number of hydrogen-bond acceptors (Lipinski definition) is 4. The fourth-order valence-corrected chi connectivity index (χ4v) is 3.85. The number of nitrogens with zero attached hydrogens (tertiary/aromatic N) is 2. The number of aryl methyl sites for hydroxylation is 2. The summed E-state index contributed by atoms with van der Waals surface area (Å²) < 4.78 is 39.2. The zero-order chi connectivity index (χ0) is 20.5. The summed E-state index contributed by atoms with van der Waals surface area (Å²) in [5, 5.41) is 3.72. The lowest BCUT2D eigenvalue weighted by molar-refractivity contribution is -0.144. The van der Waals surface area contributed by atoms with Gasteiger partial charge < -0.3 is 5.32 Å². The molecule has 3 nitrogen and oxygen atoms in total. The molecule has 0 radical (unpaired) electrons. The van der Waals surface area contributed by atoms with Crippen molar-refractivity contribution in [3.63, 3.8) is 0 Å². The maximum Gasteiger partial charge on any atom is 0.451 e. The highest BCUT2D eigenvalue weighted by molar-refractivity contribution is 7.18. The van der Waals surface area contributed by atoms with Gasteiger partial charge in [-0.05, 0) is 42.4 Å². The summed E-state index contributed by atoms with van der Waals surface area (Å²) in [7, 11) is 0. The van der Waals surface area contributed by atoms with E-state index in [0.717, 1.165) is 17.7 Å². The maximum atomic E-state index is 13.1. The van der Waals surface area contributed by atoms with Crippen molar-refractivity contribution in [1.29, 1.82) is 0 Å². The first-order valence-electron chi connectivity index (χ1n) is 9.23. The molecule has 0 fully saturated rings. The summed E-state index contributed by atoms with van der Waals surface area (Å²) in [5.41, 5.74) is 2.61. The molecule has 3 rings (SSSR count). The van der Waals surface area contributed by atoms with Gasteiger partial charge in [-0.1, -0.05) is 45.0 Å². The minimum Gasteiger partial charge on any atom is -0.369 e. The quantitative estimate of drug-likeness (QED) is 0.500. The van der Waals surface area contributed by atoms with Crippen molar-refractivity contribution in [2.24, 2.45) is 0 Å². The van der Waals surface area contributed by atoms with Crippen molar-refractivity contribution in [3.8, 4) is 0 Å². The first-order valence-corrected chi connectivity index (χ1v) is 10.0. The Morgan fingerprint density at radius 1 is 1.04 bits per heavy atom. The lowest BCUT2D eigenvalue weighted by atomic mass is 9.86. The van der Waals surface area contributed by atoms with E-state index in [1.165, 1.54) is 22.5 Å². The number of benzene rings is 1. The van der Waals surface area contributed by atoms with Gasteiger partial charge in [-0.3, -0.25) is 0 Å². The van der Waals surface area contributed by atoms with Gasteiger partial charge in [0.1, 0.15) is 10.6 Å². The number of anilines is 1. The minimum absolute atomic E-state index is 0.118. The van der Waals surface area contributed by atoms with E-state index in [0.29, 0.717) is 16.8 Å². The third kappa shape index (κ3) is 4.82. The number of fused-ring (bicyclic) bond motifs is 1. The van der Waals surface area contributed by atoms with E-state index in [9.17, 15) is 13.2 Å². The molecule has 1 N–H and O–H groups in total. The molecule has 0 atom stereocenters. The number of aromatic nitrogens is 2. The molecule has 0 aliphatic heterocycles. The summed E-state index contributed by atoms with van der Waals surface area (Å²) in [6, 6.07) is 10.3. The maximum absolute atomic E-state index is 13.1. The van der Waals surface area contributed by atoms with Crippen LogP contribution >= 0.6 is 11.3 Å². The van der Waals surface area contributed by atoms with Crippen LogP contribution in [0, 0.1) is 6.92 Å². The summed E-state index contributed by atoms with van der Waals surface area (Å²) in [6.07, 6.45) is -2.91. The number of nitrogens with one attached hydrogen (secondary N) is 1. The molecule has 0 aliphatic rings. The molecule has 7 heteroatoms. The second kappa shape index (κ2) is 7.70. The highest BCUT2D eigenvalue weighted by Crippen LogP contribution is 2.33. The van der Waals surface area contributed by atoms with E-state index in [4.69, 9.17) is 0 Å². The summed E-state index contributed by atoms with van der Waals surface area (Å²) >= 11 is 1.24. The van der Waals surface area contributed by atoms with Crippen LogP contribution in [0.15, 0.2) is 30.3 Å². The van der Waals surface area contributed by atoms with E-state index in [1.54, 1.807) is 0 Å². The Hall–Kier alpha value is -2.15. The van der Waals surface area contributed by atoms with Crippen LogP contribution in [0.1, 0.15) is 49.0 Å². The minimum atomic E-state index is -4.56. The third-order valence-corrected chi connectivity index (χ3v) is 5.47. The van der Waals surface area contributed by atoms with Crippen LogP contribution in [-0.4, -0.2) is 16.5 Å². The Bertz CT molecular complexity index is 954. The fourth-order valence-electron chi connectivity index (χ4n) is 2.97. The molecule has 0 bridgehead atoms. The van der Waals surface area contributed by atoms with Gasteiger partial charge in [-0.25, -0.2) is 9.97 Å². The molecule has 2 aromatic heterocycles. The highest BCUT2D eigenvalue weighted by Gasteiger charge is 2.35. The predicted molar refractivity (Wildman–Crippen MR) is 109 cm³/mol. The normalized spacial score (nSPS) is 12.5. The topological polar surface area (TPSA) is 37.8 Å². The van der Waals surface area contributed by atoms with Crippen molar-refractivity contribution in [3.05, 3.63) is 52.2 Å². The number of rotatable bonds is 5. The van der Waals surface area contributed by atoms with Gasteiger partial charge >= 0.3 is 6.18 Å². The average Bonchev–Trinajstić information content (AvgIpc) is 2.97. The van der Waals surface area contributed by atoms with Gasteiger partial charge in [-0.2, -0.15) is 13.2 Å². The Balaban J connectivity index is 1.67. The Kier molecular flexibility index (Phi) is 5.66. The Morgan fingerprint density at radius 2 is 1.71 bits per heavy atom. The molecule has 3 aromatic rings. The molecule has 2 heterocycles. The summed E-state index contributed by atoms with van der Waals surface area (Å²) in [6.45, 7) is 8.92.